The molecule has 1 amide bonds. The number of amides is 1. The van der Waals surface area contributed by atoms with Gasteiger partial charge in [-0.05, 0) is 89.9 Å². The topological polar surface area (TPSA) is 48.6 Å². The molecule has 2 aliphatic heterocycles. The zero-order valence-electron chi connectivity index (χ0n) is 19.5. The molecule has 0 aliphatic carbocycles. The summed E-state index contributed by atoms with van der Waals surface area (Å²) in [5.41, 5.74) is 1.98. The van der Waals surface area contributed by atoms with Crippen molar-refractivity contribution in [2.24, 2.45) is 11.8 Å². The van der Waals surface area contributed by atoms with Crippen molar-refractivity contribution in [1.29, 1.82) is 0 Å². The van der Waals surface area contributed by atoms with Crippen molar-refractivity contribution in [3.63, 3.8) is 0 Å². The summed E-state index contributed by atoms with van der Waals surface area (Å²) in [4.78, 5) is 21.2. The third-order valence-corrected chi connectivity index (χ3v) is 7.51. The number of nitrogens with zero attached hydrogens (tertiary/aromatic N) is 2. The highest BCUT2D eigenvalue weighted by Crippen LogP contribution is 2.32. The molecule has 31 heavy (non-hydrogen) atoms. The average molecular weight is 426 g/mol. The summed E-state index contributed by atoms with van der Waals surface area (Å²) < 4.78 is 5.54. The Hall–Kier alpha value is -1.85. The number of carbonyl (C=O) groups is 1. The first-order chi connectivity index (χ1) is 15.0. The number of H-pyrrole nitrogens is 1. The summed E-state index contributed by atoms with van der Waals surface area (Å²) >= 11 is 0. The molecule has 2 aromatic rings. The number of aromatic amines is 1. The van der Waals surface area contributed by atoms with E-state index in [1.165, 1.54) is 32.1 Å². The molecule has 0 atom stereocenters. The molecule has 1 N–H and O–H groups in total. The molecule has 0 radical (unpaired) electrons. The summed E-state index contributed by atoms with van der Waals surface area (Å²) in [6, 6.07) is 10.1. The lowest BCUT2D eigenvalue weighted by atomic mass is 9.83. The molecule has 0 bridgehead atoms. The molecule has 0 saturated carbocycles. The molecule has 5 nitrogen and oxygen atoms in total. The number of aromatic nitrogens is 1. The molecule has 170 valence electrons. The third kappa shape index (κ3) is 5.32. The Morgan fingerprint density at radius 2 is 1.84 bits per heavy atom. The van der Waals surface area contributed by atoms with E-state index in [0.29, 0.717) is 11.6 Å². The fraction of sp³-hybridized carbons (Fsp3) is 0.654. The first-order valence-electron chi connectivity index (χ1n) is 12.2. The van der Waals surface area contributed by atoms with Gasteiger partial charge >= 0.3 is 0 Å². The number of benzene rings is 1. The lowest BCUT2D eigenvalue weighted by Gasteiger charge is -2.45. The van der Waals surface area contributed by atoms with Crippen LogP contribution in [0.2, 0.25) is 0 Å². The summed E-state index contributed by atoms with van der Waals surface area (Å²) in [5.74, 6) is 1.51. The standard InChI is InChI=1S/C26H39N3O2/c1-4-28(25(30)24-17-22-7-5-6-8-23(22)27-24)19-21-9-13-29(14-10-21)26(2,3)18-20-11-15-31-16-12-20/h5-8,17,20-21,27H,4,9-16,18-19H2,1-3H3. The third-order valence-electron chi connectivity index (χ3n) is 7.51. The van der Waals surface area contributed by atoms with Crippen LogP contribution in [0.3, 0.4) is 0 Å². The lowest BCUT2D eigenvalue weighted by Crippen LogP contribution is -2.50. The Labute approximate surface area is 187 Å². The van der Waals surface area contributed by atoms with Crippen molar-refractivity contribution in [1.82, 2.24) is 14.8 Å². The number of hydrogen-bond donors (Lipinski definition) is 1. The molecule has 2 fully saturated rings. The van der Waals surface area contributed by atoms with Gasteiger partial charge in [0.25, 0.3) is 5.91 Å². The van der Waals surface area contributed by atoms with Gasteiger partial charge in [-0.25, -0.2) is 0 Å². The van der Waals surface area contributed by atoms with E-state index in [4.69, 9.17) is 4.74 Å². The van der Waals surface area contributed by atoms with Gasteiger partial charge in [-0.3, -0.25) is 9.69 Å². The molecule has 2 saturated heterocycles. The first kappa shape index (κ1) is 22.3. The fourth-order valence-electron chi connectivity index (χ4n) is 5.53. The predicted octanol–water partition coefficient (Wildman–Crippen LogP) is 4.94. The molecule has 4 rings (SSSR count). The van der Waals surface area contributed by atoms with Crippen molar-refractivity contribution < 1.29 is 9.53 Å². The Morgan fingerprint density at radius 1 is 1.13 bits per heavy atom. The van der Waals surface area contributed by atoms with Crippen molar-refractivity contribution >= 4 is 16.8 Å². The molecule has 2 aliphatic rings. The van der Waals surface area contributed by atoms with Crippen LogP contribution in [0, 0.1) is 11.8 Å². The normalized spacial score (nSPS) is 19.7. The number of nitrogens with one attached hydrogen (secondary N) is 1. The highest BCUT2D eigenvalue weighted by molar-refractivity contribution is 5.98. The number of carbonyl (C=O) groups excluding carboxylic acids is 1. The largest absolute Gasteiger partial charge is 0.381 e. The van der Waals surface area contributed by atoms with Crippen molar-refractivity contribution in [3.05, 3.63) is 36.0 Å². The average Bonchev–Trinajstić information content (AvgIpc) is 3.22. The molecule has 3 heterocycles. The number of para-hydroxylation sites is 1. The maximum absolute atomic E-state index is 13.1. The van der Waals surface area contributed by atoms with E-state index in [9.17, 15) is 4.79 Å². The highest BCUT2D eigenvalue weighted by atomic mass is 16.5. The van der Waals surface area contributed by atoms with E-state index in [-0.39, 0.29) is 11.4 Å². The van der Waals surface area contributed by atoms with Crippen molar-refractivity contribution in [3.8, 4) is 0 Å². The maximum Gasteiger partial charge on any atom is 0.270 e. The first-order valence-corrected chi connectivity index (χ1v) is 12.2. The van der Waals surface area contributed by atoms with Crippen LogP contribution in [0.15, 0.2) is 30.3 Å². The van der Waals surface area contributed by atoms with Crippen LogP contribution >= 0.6 is 0 Å². The van der Waals surface area contributed by atoms with E-state index < -0.39 is 0 Å². The maximum atomic E-state index is 13.1. The van der Waals surface area contributed by atoms with Gasteiger partial charge in [0.1, 0.15) is 5.69 Å². The summed E-state index contributed by atoms with van der Waals surface area (Å²) in [6.45, 7) is 12.7. The Morgan fingerprint density at radius 3 is 2.52 bits per heavy atom. The van der Waals surface area contributed by atoms with Gasteiger partial charge in [0.15, 0.2) is 0 Å². The van der Waals surface area contributed by atoms with Crippen LogP contribution in [0.1, 0.15) is 63.4 Å². The number of piperidine rings is 1. The lowest BCUT2D eigenvalue weighted by molar-refractivity contribution is 0.0162. The van der Waals surface area contributed by atoms with Gasteiger partial charge in [-0.15, -0.1) is 0 Å². The molecule has 1 aromatic carbocycles. The highest BCUT2D eigenvalue weighted by Gasteiger charge is 2.34. The predicted molar refractivity (Wildman–Crippen MR) is 126 cm³/mol. The van der Waals surface area contributed by atoms with Gasteiger partial charge in [-0.2, -0.15) is 0 Å². The molecule has 5 heteroatoms. The number of hydrogen-bond acceptors (Lipinski definition) is 3. The number of rotatable bonds is 7. The van der Waals surface area contributed by atoms with Crippen LogP contribution in [-0.4, -0.2) is 65.6 Å². The van der Waals surface area contributed by atoms with Crippen molar-refractivity contribution in [2.75, 3.05) is 39.4 Å². The zero-order valence-corrected chi connectivity index (χ0v) is 19.5. The SMILES string of the molecule is CCN(CC1CCN(C(C)(C)CC2CCOCC2)CC1)C(=O)c1cc2ccccc2[nH]1. The number of likely N-dealkylation sites (tertiary alicyclic amines) is 1. The van der Waals surface area contributed by atoms with Gasteiger partial charge in [0.05, 0.1) is 0 Å². The monoisotopic (exact) mass is 425 g/mol. The summed E-state index contributed by atoms with van der Waals surface area (Å²) in [6.07, 6.45) is 6.03. The fourth-order valence-corrected chi connectivity index (χ4v) is 5.53. The number of ether oxygens (including phenoxy) is 1. The minimum Gasteiger partial charge on any atom is -0.381 e. The van der Waals surface area contributed by atoms with Gasteiger partial charge in [0, 0.05) is 42.7 Å². The van der Waals surface area contributed by atoms with Crippen molar-refractivity contribution in [2.45, 2.75) is 58.4 Å². The van der Waals surface area contributed by atoms with E-state index in [0.717, 1.165) is 56.2 Å². The quantitative estimate of drug-likeness (QED) is 0.684. The van der Waals surface area contributed by atoms with Crippen LogP contribution < -0.4 is 0 Å². The van der Waals surface area contributed by atoms with Crippen LogP contribution in [0.5, 0.6) is 0 Å². The smallest absolute Gasteiger partial charge is 0.270 e. The Balaban J connectivity index is 1.31. The minimum absolute atomic E-state index is 0.126. The second kappa shape index (κ2) is 9.74. The second-order valence-corrected chi connectivity index (χ2v) is 10.1. The molecular weight excluding hydrogens is 386 g/mol. The van der Waals surface area contributed by atoms with Crippen LogP contribution in [0.25, 0.3) is 10.9 Å². The summed E-state index contributed by atoms with van der Waals surface area (Å²) in [5, 5.41) is 1.10. The van der Waals surface area contributed by atoms with Crippen LogP contribution in [0.4, 0.5) is 0 Å². The number of fused-ring (bicyclic) bond motifs is 1. The molecule has 1 aromatic heterocycles. The Bertz CT molecular complexity index is 827. The minimum atomic E-state index is 0.126. The van der Waals surface area contributed by atoms with Crippen LogP contribution in [-0.2, 0) is 4.74 Å². The Kier molecular flexibility index (Phi) is 7.02. The molecule has 0 spiro atoms. The van der Waals surface area contributed by atoms with E-state index in [1.54, 1.807) is 0 Å². The second-order valence-electron chi connectivity index (χ2n) is 10.1. The van der Waals surface area contributed by atoms with Gasteiger partial charge in [-0.1, -0.05) is 18.2 Å². The summed E-state index contributed by atoms with van der Waals surface area (Å²) in [7, 11) is 0. The van der Waals surface area contributed by atoms with E-state index in [2.05, 4.69) is 36.7 Å². The van der Waals surface area contributed by atoms with Gasteiger partial charge in [0.2, 0.25) is 0 Å². The van der Waals surface area contributed by atoms with Gasteiger partial charge < -0.3 is 14.6 Å². The molecular formula is C26H39N3O2. The van der Waals surface area contributed by atoms with E-state index in [1.807, 2.05) is 29.2 Å². The van der Waals surface area contributed by atoms with E-state index >= 15 is 0 Å². The zero-order chi connectivity index (χ0) is 21.8. The molecule has 0 unspecified atom stereocenters.